The van der Waals surface area contributed by atoms with Gasteiger partial charge < -0.3 is 10.2 Å². The Morgan fingerprint density at radius 3 is 2.00 bits per heavy atom. The molecule has 0 fully saturated rings. The fourth-order valence-electron chi connectivity index (χ4n) is 2.01. The molecular formula is C14H30O2. The van der Waals surface area contributed by atoms with Gasteiger partial charge in [-0.05, 0) is 18.8 Å². The van der Waals surface area contributed by atoms with Gasteiger partial charge in [-0.25, -0.2) is 0 Å². The summed E-state index contributed by atoms with van der Waals surface area (Å²) in [7, 11) is 0. The van der Waals surface area contributed by atoms with Gasteiger partial charge in [-0.15, -0.1) is 0 Å². The Morgan fingerprint density at radius 1 is 0.938 bits per heavy atom. The van der Waals surface area contributed by atoms with E-state index in [1.165, 1.54) is 19.3 Å². The molecule has 2 nitrogen and oxygen atoms in total. The molecule has 0 saturated heterocycles. The maximum absolute atomic E-state index is 9.49. The van der Waals surface area contributed by atoms with Crippen LogP contribution in [-0.4, -0.2) is 23.4 Å². The fourth-order valence-corrected chi connectivity index (χ4v) is 2.01. The molecule has 16 heavy (non-hydrogen) atoms. The normalized spacial score (nSPS) is 12.4. The van der Waals surface area contributed by atoms with Crippen LogP contribution in [-0.2, 0) is 0 Å². The Kier molecular flexibility index (Phi) is 8.96. The molecule has 98 valence electrons. The Hall–Kier alpha value is -0.0800. The van der Waals surface area contributed by atoms with E-state index in [-0.39, 0.29) is 18.6 Å². The Bertz CT molecular complexity index is 151. The first-order chi connectivity index (χ1) is 7.60. The van der Waals surface area contributed by atoms with Gasteiger partial charge in [0.25, 0.3) is 0 Å². The number of rotatable bonds is 10. The predicted molar refractivity (Wildman–Crippen MR) is 69.4 cm³/mol. The molecule has 0 aromatic rings. The minimum absolute atomic E-state index is 0.127. The Balaban J connectivity index is 4.00. The van der Waals surface area contributed by atoms with E-state index in [9.17, 15) is 10.2 Å². The molecule has 0 radical (unpaired) electrons. The van der Waals surface area contributed by atoms with Crippen LogP contribution in [0.3, 0.4) is 0 Å². The van der Waals surface area contributed by atoms with Crippen LogP contribution in [0.25, 0.3) is 0 Å². The second kappa shape index (κ2) is 9.00. The third-order valence-electron chi connectivity index (χ3n) is 3.48. The van der Waals surface area contributed by atoms with E-state index in [1.807, 2.05) is 0 Å². The molecule has 2 N–H and O–H groups in total. The molecule has 0 aliphatic rings. The molecule has 0 amide bonds. The lowest BCUT2D eigenvalue weighted by molar-refractivity contribution is 0.0333. The number of unbranched alkanes of at least 4 members (excludes halogenated alkanes) is 3. The average molecular weight is 230 g/mol. The number of aliphatic hydroxyl groups excluding tert-OH is 2. The lowest BCUT2D eigenvalue weighted by atomic mass is 9.78. The van der Waals surface area contributed by atoms with Crippen LogP contribution in [0.4, 0.5) is 0 Å². The highest BCUT2D eigenvalue weighted by molar-refractivity contribution is 4.78. The predicted octanol–water partition coefficient (Wildman–Crippen LogP) is 3.36. The van der Waals surface area contributed by atoms with E-state index < -0.39 is 0 Å². The van der Waals surface area contributed by atoms with Crippen molar-refractivity contribution in [2.75, 3.05) is 13.2 Å². The molecule has 0 aromatic heterocycles. The van der Waals surface area contributed by atoms with Gasteiger partial charge in [0.15, 0.2) is 0 Å². The minimum atomic E-state index is -0.224. The second-order valence-electron chi connectivity index (χ2n) is 5.56. The minimum Gasteiger partial charge on any atom is -0.396 e. The molecule has 0 unspecified atom stereocenters. The van der Waals surface area contributed by atoms with E-state index in [4.69, 9.17) is 0 Å². The van der Waals surface area contributed by atoms with Gasteiger partial charge in [-0.1, -0.05) is 52.9 Å². The van der Waals surface area contributed by atoms with Crippen LogP contribution in [0, 0.1) is 11.3 Å². The zero-order chi connectivity index (χ0) is 12.4. The number of hydrogen-bond acceptors (Lipinski definition) is 2. The summed E-state index contributed by atoms with van der Waals surface area (Å²) in [5.41, 5.74) is -0.224. The van der Waals surface area contributed by atoms with E-state index in [0.717, 1.165) is 25.7 Å². The van der Waals surface area contributed by atoms with Crippen LogP contribution in [0.2, 0.25) is 0 Å². The van der Waals surface area contributed by atoms with Gasteiger partial charge >= 0.3 is 0 Å². The standard InChI is InChI=1S/C14H30O2/c1-4-5-6-7-9-14(11-15,12-16)10-8-13(2)3/h13,15-16H,4-12H2,1-3H3. The zero-order valence-corrected chi connectivity index (χ0v) is 11.3. The number of hydrogen-bond donors (Lipinski definition) is 2. The van der Waals surface area contributed by atoms with Gasteiger partial charge in [0.1, 0.15) is 0 Å². The second-order valence-corrected chi connectivity index (χ2v) is 5.56. The molecule has 0 aromatic carbocycles. The fraction of sp³-hybridized carbons (Fsp3) is 1.00. The highest BCUT2D eigenvalue weighted by Gasteiger charge is 2.27. The summed E-state index contributed by atoms with van der Waals surface area (Å²) in [5, 5.41) is 19.0. The van der Waals surface area contributed by atoms with Gasteiger partial charge in [-0.3, -0.25) is 0 Å². The van der Waals surface area contributed by atoms with Crippen molar-refractivity contribution in [3.63, 3.8) is 0 Å². The van der Waals surface area contributed by atoms with Crippen LogP contribution < -0.4 is 0 Å². The van der Waals surface area contributed by atoms with Crippen molar-refractivity contribution in [2.24, 2.45) is 11.3 Å². The monoisotopic (exact) mass is 230 g/mol. The maximum atomic E-state index is 9.49. The first-order valence-electron chi connectivity index (χ1n) is 6.82. The first-order valence-corrected chi connectivity index (χ1v) is 6.82. The smallest absolute Gasteiger partial charge is 0.0509 e. The molecule has 2 heteroatoms. The van der Waals surface area contributed by atoms with E-state index in [0.29, 0.717) is 5.92 Å². The summed E-state index contributed by atoms with van der Waals surface area (Å²) >= 11 is 0. The molecular weight excluding hydrogens is 200 g/mol. The summed E-state index contributed by atoms with van der Waals surface area (Å²) in [5.74, 6) is 0.646. The molecule has 0 bridgehead atoms. The highest BCUT2D eigenvalue weighted by atomic mass is 16.3. The van der Waals surface area contributed by atoms with Crippen molar-refractivity contribution in [2.45, 2.75) is 65.7 Å². The van der Waals surface area contributed by atoms with Crippen LogP contribution in [0.15, 0.2) is 0 Å². The van der Waals surface area contributed by atoms with Crippen molar-refractivity contribution in [3.05, 3.63) is 0 Å². The first kappa shape index (κ1) is 15.9. The lowest BCUT2D eigenvalue weighted by Gasteiger charge is -2.30. The molecule has 0 heterocycles. The molecule has 0 rings (SSSR count). The van der Waals surface area contributed by atoms with Crippen molar-refractivity contribution in [1.29, 1.82) is 0 Å². The topological polar surface area (TPSA) is 40.5 Å². The van der Waals surface area contributed by atoms with Crippen molar-refractivity contribution in [3.8, 4) is 0 Å². The van der Waals surface area contributed by atoms with Gasteiger partial charge in [0, 0.05) is 5.41 Å². The molecule has 0 spiro atoms. The Morgan fingerprint density at radius 2 is 1.56 bits per heavy atom. The summed E-state index contributed by atoms with van der Waals surface area (Å²) in [6.07, 6.45) is 7.85. The van der Waals surface area contributed by atoms with E-state index in [1.54, 1.807) is 0 Å². The quantitative estimate of drug-likeness (QED) is 0.565. The molecule has 0 aliphatic carbocycles. The largest absolute Gasteiger partial charge is 0.396 e. The number of aliphatic hydroxyl groups is 2. The third-order valence-corrected chi connectivity index (χ3v) is 3.48. The summed E-state index contributed by atoms with van der Waals surface area (Å²) < 4.78 is 0. The van der Waals surface area contributed by atoms with Crippen LogP contribution in [0.5, 0.6) is 0 Å². The van der Waals surface area contributed by atoms with Gasteiger partial charge in [-0.2, -0.15) is 0 Å². The SMILES string of the molecule is CCCCCCC(CO)(CO)CCC(C)C. The lowest BCUT2D eigenvalue weighted by Crippen LogP contribution is -2.30. The maximum Gasteiger partial charge on any atom is 0.0509 e. The van der Waals surface area contributed by atoms with Crippen molar-refractivity contribution >= 4 is 0 Å². The molecule has 0 saturated carbocycles. The van der Waals surface area contributed by atoms with Crippen LogP contribution >= 0.6 is 0 Å². The molecule has 0 atom stereocenters. The van der Waals surface area contributed by atoms with Crippen molar-refractivity contribution < 1.29 is 10.2 Å². The van der Waals surface area contributed by atoms with Crippen molar-refractivity contribution in [1.82, 2.24) is 0 Å². The summed E-state index contributed by atoms with van der Waals surface area (Å²) in [4.78, 5) is 0. The summed E-state index contributed by atoms with van der Waals surface area (Å²) in [6.45, 7) is 6.84. The van der Waals surface area contributed by atoms with Crippen LogP contribution in [0.1, 0.15) is 65.7 Å². The highest BCUT2D eigenvalue weighted by Crippen LogP contribution is 2.31. The molecule has 0 aliphatic heterocycles. The Labute approximate surface area is 101 Å². The third kappa shape index (κ3) is 6.49. The van der Waals surface area contributed by atoms with E-state index >= 15 is 0 Å². The zero-order valence-electron chi connectivity index (χ0n) is 11.3. The summed E-state index contributed by atoms with van der Waals surface area (Å²) in [6, 6.07) is 0. The van der Waals surface area contributed by atoms with Gasteiger partial charge in [0.05, 0.1) is 13.2 Å². The van der Waals surface area contributed by atoms with Gasteiger partial charge in [0.2, 0.25) is 0 Å². The van der Waals surface area contributed by atoms with E-state index in [2.05, 4.69) is 20.8 Å². The average Bonchev–Trinajstić information content (AvgIpc) is 2.29.